The molecule has 1 N–H and O–H groups in total. The molecule has 0 atom stereocenters. The van der Waals surface area contributed by atoms with E-state index in [1.54, 1.807) is 31.4 Å². The fraction of sp³-hybridized carbons (Fsp3) is 0.364. The molecule has 0 radical (unpaired) electrons. The minimum absolute atomic E-state index is 0.0337. The quantitative estimate of drug-likeness (QED) is 0.865. The topological polar surface area (TPSA) is 61.9 Å². The van der Waals surface area contributed by atoms with Gasteiger partial charge in [-0.2, -0.15) is 0 Å². The second-order valence-corrected chi connectivity index (χ2v) is 7.19. The van der Waals surface area contributed by atoms with Crippen LogP contribution in [0.1, 0.15) is 34.6 Å². The largest absolute Gasteiger partial charge is 0.497 e. The molecule has 2 aromatic carbocycles. The van der Waals surface area contributed by atoms with E-state index < -0.39 is 0 Å². The van der Waals surface area contributed by atoms with Gasteiger partial charge in [0.25, 0.3) is 11.8 Å². The molecule has 6 heteroatoms. The molecule has 1 aliphatic heterocycles. The van der Waals surface area contributed by atoms with Gasteiger partial charge in [-0.15, -0.1) is 0 Å². The Labute approximate surface area is 166 Å². The van der Waals surface area contributed by atoms with Crippen molar-refractivity contribution < 1.29 is 14.3 Å². The standard InChI is InChI=1S/C22H27N3O3/c1-16(2)23-21(26)17-5-4-6-18(15-17)22(27)25-13-11-24(12-14-25)19-7-9-20(28-3)10-8-19/h4-10,15-16H,11-14H2,1-3H3,(H,23,26). The number of hydrogen-bond donors (Lipinski definition) is 1. The lowest BCUT2D eigenvalue weighted by molar-refractivity contribution is 0.0747. The second-order valence-electron chi connectivity index (χ2n) is 7.19. The Morgan fingerprint density at radius 3 is 2.21 bits per heavy atom. The summed E-state index contributed by atoms with van der Waals surface area (Å²) in [5.41, 5.74) is 2.19. The average molecular weight is 381 g/mol. The molecule has 1 aliphatic rings. The van der Waals surface area contributed by atoms with E-state index in [0.717, 1.165) is 24.5 Å². The highest BCUT2D eigenvalue weighted by Crippen LogP contribution is 2.21. The predicted molar refractivity (Wildman–Crippen MR) is 110 cm³/mol. The SMILES string of the molecule is COc1ccc(N2CCN(C(=O)c3cccc(C(=O)NC(C)C)c3)CC2)cc1. The lowest BCUT2D eigenvalue weighted by Gasteiger charge is -2.36. The van der Waals surface area contributed by atoms with E-state index >= 15 is 0 Å². The molecular weight excluding hydrogens is 354 g/mol. The third-order valence-electron chi connectivity index (χ3n) is 4.80. The first-order valence-corrected chi connectivity index (χ1v) is 9.57. The summed E-state index contributed by atoms with van der Waals surface area (Å²) >= 11 is 0. The highest BCUT2D eigenvalue weighted by molar-refractivity contribution is 5.99. The molecule has 2 amide bonds. The van der Waals surface area contributed by atoms with Gasteiger partial charge in [-0.05, 0) is 56.3 Å². The van der Waals surface area contributed by atoms with Crippen LogP contribution in [0.5, 0.6) is 5.75 Å². The summed E-state index contributed by atoms with van der Waals surface area (Å²) in [5, 5.41) is 2.86. The number of rotatable bonds is 5. The fourth-order valence-electron chi connectivity index (χ4n) is 3.28. The summed E-state index contributed by atoms with van der Waals surface area (Å²) in [7, 11) is 1.65. The molecule has 28 heavy (non-hydrogen) atoms. The summed E-state index contributed by atoms with van der Waals surface area (Å²) in [5.74, 6) is 0.640. The Kier molecular flexibility index (Phi) is 6.19. The Morgan fingerprint density at radius 1 is 0.964 bits per heavy atom. The van der Waals surface area contributed by atoms with Crippen molar-refractivity contribution >= 4 is 17.5 Å². The van der Waals surface area contributed by atoms with E-state index in [2.05, 4.69) is 10.2 Å². The molecule has 2 aromatic rings. The lowest BCUT2D eigenvalue weighted by Crippen LogP contribution is -2.48. The van der Waals surface area contributed by atoms with Crippen molar-refractivity contribution in [3.05, 3.63) is 59.7 Å². The van der Waals surface area contributed by atoms with Crippen LogP contribution < -0.4 is 15.0 Å². The zero-order valence-electron chi connectivity index (χ0n) is 16.6. The van der Waals surface area contributed by atoms with E-state index in [-0.39, 0.29) is 17.9 Å². The predicted octanol–water partition coefficient (Wildman–Crippen LogP) is 2.80. The van der Waals surface area contributed by atoms with E-state index in [9.17, 15) is 9.59 Å². The minimum atomic E-state index is -0.158. The number of ether oxygens (including phenoxy) is 1. The van der Waals surface area contributed by atoms with Crippen molar-refractivity contribution in [3.8, 4) is 5.75 Å². The summed E-state index contributed by atoms with van der Waals surface area (Å²) < 4.78 is 5.20. The normalized spacial score (nSPS) is 14.1. The molecule has 0 bridgehead atoms. The number of piperazine rings is 1. The van der Waals surface area contributed by atoms with Crippen molar-refractivity contribution in [2.24, 2.45) is 0 Å². The van der Waals surface area contributed by atoms with E-state index in [1.807, 2.05) is 43.0 Å². The lowest BCUT2D eigenvalue weighted by atomic mass is 10.1. The number of methoxy groups -OCH3 is 1. The van der Waals surface area contributed by atoms with Crippen LogP contribution in [-0.2, 0) is 0 Å². The summed E-state index contributed by atoms with van der Waals surface area (Å²) in [6.07, 6.45) is 0. The summed E-state index contributed by atoms with van der Waals surface area (Å²) in [6.45, 7) is 6.65. The maximum Gasteiger partial charge on any atom is 0.253 e. The number of carbonyl (C=O) groups excluding carboxylic acids is 2. The molecule has 6 nitrogen and oxygen atoms in total. The maximum atomic E-state index is 12.9. The Balaban J connectivity index is 1.62. The smallest absolute Gasteiger partial charge is 0.253 e. The van der Waals surface area contributed by atoms with Gasteiger partial charge in [0.15, 0.2) is 0 Å². The van der Waals surface area contributed by atoms with Gasteiger partial charge < -0.3 is 19.9 Å². The number of nitrogens with zero attached hydrogens (tertiary/aromatic N) is 2. The number of hydrogen-bond acceptors (Lipinski definition) is 4. The third-order valence-corrected chi connectivity index (χ3v) is 4.80. The first kappa shape index (κ1) is 19.7. The Hall–Kier alpha value is -3.02. The van der Waals surface area contributed by atoms with E-state index in [1.165, 1.54) is 0 Å². The van der Waals surface area contributed by atoms with Gasteiger partial charge in [-0.3, -0.25) is 9.59 Å². The molecule has 0 aromatic heterocycles. The molecule has 1 fully saturated rings. The van der Waals surface area contributed by atoms with Crippen LogP contribution in [0.4, 0.5) is 5.69 Å². The van der Waals surface area contributed by atoms with Gasteiger partial charge in [0, 0.05) is 49.0 Å². The Morgan fingerprint density at radius 2 is 1.61 bits per heavy atom. The van der Waals surface area contributed by atoms with Crippen molar-refractivity contribution in [1.82, 2.24) is 10.2 Å². The zero-order valence-corrected chi connectivity index (χ0v) is 16.6. The zero-order chi connectivity index (χ0) is 20.1. The molecular formula is C22H27N3O3. The van der Waals surface area contributed by atoms with Crippen LogP contribution in [0, 0.1) is 0 Å². The number of amides is 2. The molecule has 1 saturated heterocycles. The van der Waals surface area contributed by atoms with Crippen molar-refractivity contribution in [3.63, 3.8) is 0 Å². The van der Waals surface area contributed by atoms with Gasteiger partial charge >= 0.3 is 0 Å². The minimum Gasteiger partial charge on any atom is -0.497 e. The van der Waals surface area contributed by atoms with Gasteiger partial charge in [0.2, 0.25) is 0 Å². The van der Waals surface area contributed by atoms with Gasteiger partial charge in [0.1, 0.15) is 5.75 Å². The van der Waals surface area contributed by atoms with Crippen LogP contribution in [-0.4, -0.2) is 56.0 Å². The second kappa shape index (κ2) is 8.78. The van der Waals surface area contributed by atoms with Gasteiger partial charge in [-0.1, -0.05) is 6.07 Å². The molecule has 0 aliphatic carbocycles. The molecule has 0 spiro atoms. The molecule has 0 unspecified atom stereocenters. The summed E-state index contributed by atoms with van der Waals surface area (Å²) in [6, 6.07) is 15.0. The van der Waals surface area contributed by atoms with Crippen LogP contribution in [0.25, 0.3) is 0 Å². The van der Waals surface area contributed by atoms with Crippen molar-refractivity contribution in [2.45, 2.75) is 19.9 Å². The molecule has 148 valence electrons. The Bertz CT molecular complexity index is 825. The van der Waals surface area contributed by atoms with Gasteiger partial charge in [0.05, 0.1) is 7.11 Å². The van der Waals surface area contributed by atoms with Crippen LogP contribution in [0.15, 0.2) is 48.5 Å². The van der Waals surface area contributed by atoms with Crippen molar-refractivity contribution in [1.29, 1.82) is 0 Å². The fourth-order valence-corrected chi connectivity index (χ4v) is 3.28. The monoisotopic (exact) mass is 381 g/mol. The first-order chi connectivity index (χ1) is 13.5. The van der Waals surface area contributed by atoms with E-state index in [0.29, 0.717) is 24.2 Å². The highest BCUT2D eigenvalue weighted by Gasteiger charge is 2.23. The van der Waals surface area contributed by atoms with Crippen LogP contribution in [0.2, 0.25) is 0 Å². The number of benzene rings is 2. The summed E-state index contributed by atoms with van der Waals surface area (Å²) in [4.78, 5) is 29.2. The molecule has 0 saturated carbocycles. The molecule has 1 heterocycles. The number of nitrogens with one attached hydrogen (secondary N) is 1. The highest BCUT2D eigenvalue weighted by atomic mass is 16.5. The average Bonchev–Trinajstić information content (AvgIpc) is 2.73. The van der Waals surface area contributed by atoms with Crippen molar-refractivity contribution in [2.75, 3.05) is 38.2 Å². The third kappa shape index (κ3) is 4.63. The van der Waals surface area contributed by atoms with Gasteiger partial charge in [-0.25, -0.2) is 0 Å². The molecule has 3 rings (SSSR count). The maximum absolute atomic E-state index is 12.9. The number of carbonyl (C=O) groups is 2. The first-order valence-electron chi connectivity index (χ1n) is 9.57. The van der Waals surface area contributed by atoms with Crippen LogP contribution >= 0.6 is 0 Å². The number of anilines is 1. The van der Waals surface area contributed by atoms with Crippen LogP contribution in [0.3, 0.4) is 0 Å². The van der Waals surface area contributed by atoms with E-state index in [4.69, 9.17) is 4.74 Å².